The van der Waals surface area contributed by atoms with Gasteiger partial charge in [0.2, 0.25) is 11.9 Å². The maximum Gasteiger partial charge on any atom is 0.323 e. The number of hydrogen-bond acceptors (Lipinski definition) is 7. The smallest absolute Gasteiger partial charge is 0.323 e. The molecule has 0 amide bonds. The van der Waals surface area contributed by atoms with Crippen LogP contribution in [-0.2, 0) is 0 Å². The lowest BCUT2D eigenvalue weighted by atomic mass is 10.2. The molecule has 0 aliphatic carbocycles. The molecule has 1 saturated heterocycles. The van der Waals surface area contributed by atoms with Gasteiger partial charge in [-0.25, -0.2) is 0 Å². The molecule has 0 radical (unpaired) electrons. The lowest BCUT2D eigenvalue weighted by Crippen LogP contribution is -2.45. The zero-order valence-corrected chi connectivity index (χ0v) is 13.4. The van der Waals surface area contributed by atoms with Gasteiger partial charge in [0.15, 0.2) is 0 Å². The van der Waals surface area contributed by atoms with Gasteiger partial charge in [0.25, 0.3) is 0 Å². The van der Waals surface area contributed by atoms with Gasteiger partial charge in [-0.2, -0.15) is 26.7 Å². The average Bonchev–Trinajstić information content (AvgIpc) is 2.47. The Labute approximate surface area is 124 Å². The van der Waals surface area contributed by atoms with Crippen molar-refractivity contribution >= 4 is 23.7 Å². The van der Waals surface area contributed by atoms with Crippen molar-refractivity contribution in [2.24, 2.45) is 0 Å². The lowest BCUT2D eigenvalue weighted by Gasteiger charge is -2.37. The standard InChI is InChI=1S/C13H23N5OS/c1-5-7-19-13-16-11(14-4)15-12(17-13)18-6-8-20-10(3)9(18)2/h9-10H,5-8H2,1-4H3,(H,14,15,16,17). The Morgan fingerprint density at radius 3 is 2.85 bits per heavy atom. The average molecular weight is 297 g/mol. The molecule has 7 heteroatoms. The van der Waals surface area contributed by atoms with Crippen molar-refractivity contribution < 1.29 is 4.74 Å². The second-order valence-electron chi connectivity index (χ2n) is 4.85. The van der Waals surface area contributed by atoms with Crippen molar-refractivity contribution in [3.8, 4) is 6.01 Å². The SMILES string of the molecule is CCCOc1nc(NC)nc(N2CCSC(C)C2C)n1. The van der Waals surface area contributed by atoms with Gasteiger partial charge in [0.1, 0.15) is 0 Å². The van der Waals surface area contributed by atoms with Crippen molar-refractivity contribution in [2.45, 2.75) is 38.5 Å². The Hall–Kier alpha value is -1.24. The molecule has 0 spiro atoms. The molecule has 1 aliphatic heterocycles. The number of anilines is 2. The number of aromatic nitrogens is 3. The maximum absolute atomic E-state index is 5.56. The number of nitrogens with one attached hydrogen (secondary N) is 1. The van der Waals surface area contributed by atoms with Crippen molar-refractivity contribution in [1.82, 2.24) is 15.0 Å². The van der Waals surface area contributed by atoms with Gasteiger partial charge in [-0.05, 0) is 13.3 Å². The van der Waals surface area contributed by atoms with Crippen molar-refractivity contribution in [1.29, 1.82) is 0 Å². The van der Waals surface area contributed by atoms with Gasteiger partial charge in [-0.15, -0.1) is 0 Å². The third-order valence-corrected chi connectivity index (χ3v) is 4.74. The first-order valence-electron chi connectivity index (χ1n) is 7.10. The van der Waals surface area contributed by atoms with Gasteiger partial charge >= 0.3 is 6.01 Å². The summed E-state index contributed by atoms with van der Waals surface area (Å²) in [5.74, 6) is 2.35. The lowest BCUT2D eigenvalue weighted by molar-refractivity contribution is 0.291. The number of rotatable bonds is 5. The minimum absolute atomic E-state index is 0.402. The second-order valence-corrected chi connectivity index (χ2v) is 6.34. The Balaban J connectivity index is 2.24. The highest BCUT2D eigenvalue weighted by atomic mass is 32.2. The zero-order chi connectivity index (χ0) is 14.5. The van der Waals surface area contributed by atoms with E-state index in [9.17, 15) is 0 Å². The highest BCUT2D eigenvalue weighted by Crippen LogP contribution is 2.28. The summed E-state index contributed by atoms with van der Waals surface area (Å²) in [6.45, 7) is 8.10. The van der Waals surface area contributed by atoms with Gasteiger partial charge in [-0.3, -0.25) is 0 Å². The van der Waals surface area contributed by atoms with Crippen LogP contribution in [0.5, 0.6) is 6.01 Å². The fourth-order valence-electron chi connectivity index (χ4n) is 2.06. The van der Waals surface area contributed by atoms with Crippen molar-refractivity contribution in [3.05, 3.63) is 0 Å². The molecule has 2 unspecified atom stereocenters. The first-order valence-corrected chi connectivity index (χ1v) is 8.15. The molecule has 1 N–H and O–H groups in total. The van der Waals surface area contributed by atoms with Crippen LogP contribution < -0.4 is 15.0 Å². The molecular weight excluding hydrogens is 274 g/mol. The van der Waals surface area contributed by atoms with E-state index in [4.69, 9.17) is 4.74 Å². The molecule has 0 saturated carbocycles. The van der Waals surface area contributed by atoms with Crippen molar-refractivity contribution in [3.63, 3.8) is 0 Å². The van der Waals surface area contributed by atoms with Crippen molar-refractivity contribution in [2.75, 3.05) is 36.2 Å². The van der Waals surface area contributed by atoms with Gasteiger partial charge in [-0.1, -0.05) is 13.8 Å². The van der Waals surface area contributed by atoms with Crippen LogP contribution in [-0.4, -0.2) is 52.2 Å². The maximum atomic E-state index is 5.56. The first-order chi connectivity index (χ1) is 9.65. The fourth-order valence-corrected chi connectivity index (χ4v) is 3.16. The normalized spacial score (nSPS) is 22.7. The van der Waals surface area contributed by atoms with E-state index in [1.807, 2.05) is 11.8 Å². The molecule has 2 heterocycles. The predicted octanol–water partition coefficient (Wildman–Crippen LogP) is 2.03. The van der Waals surface area contributed by atoms with Crippen LogP contribution in [0.4, 0.5) is 11.9 Å². The van der Waals surface area contributed by atoms with Crippen LogP contribution in [0, 0.1) is 0 Å². The minimum Gasteiger partial charge on any atom is -0.463 e. The molecule has 6 nitrogen and oxygen atoms in total. The minimum atomic E-state index is 0.402. The van der Waals surface area contributed by atoms with E-state index in [1.165, 1.54) is 0 Å². The fraction of sp³-hybridized carbons (Fsp3) is 0.769. The summed E-state index contributed by atoms with van der Waals surface area (Å²) in [5.41, 5.74) is 0. The summed E-state index contributed by atoms with van der Waals surface area (Å²) in [6, 6.07) is 0.805. The molecule has 1 aliphatic rings. The summed E-state index contributed by atoms with van der Waals surface area (Å²) in [7, 11) is 1.81. The monoisotopic (exact) mass is 297 g/mol. The van der Waals surface area contributed by atoms with Crippen LogP contribution in [0.2, 0.25) is 0 Å². The molecular formula is C13H23N5OS. The summed E-state index contributed by atoms with van der Waals surface area (Å²) < 4.78 is 5.56. The molecule has 1 aromatic heterocycles. The molecule has 0 bridgehead atoms. The number of ether oxygens (including phenoxy) is 1. The van der Waals surface area contributed by atoms with Gasteiger partial charge in [0.05, 0.1) is 6.61 Å². The highest BCUT2D eigenvalue weighted by molar-refractivity contribution is 8.00. The van der Waals surface area contributed by atoms with E-state index in [1.54, 1.807) is 7.05 Å². The van der Waals surface area contributed by atoms with Crippen LogP contribution in [0.15, 0.2) is 0 Å². The molecule has 0 aromatic carbocycles. The van der Waals surface area contributed by atoms with Crippen LogP contribution in [0.3, 0.4) is 0 Å². The van der Waals surface area contributed by atoms with Gasteiger partial charge < -0.3 is 15.0 Å². The predicted molar refractivity (Wildman–Crippen MR) is 83.9 cm³/mol. The second kappa shape index (κ2) is 6.97. The Kier molecular flexibility index (Phi) is 5.28. The molecule has 1 aromatic rings. The third-order valence-electron chi connectivity index (χ3n) is 3.40. The van der Waals surface area contributed by atoms with Crippen LogP contribution >= 0.6 is 11.8 Å². The molecule has 112 valence electrons. The Bertz CT molecular complexity index is 445. The molecule has 2 rings (SSSR count). The van der Waals surface area contributed by atoms with E-state index in [-0.39, 0.29) is 0 Å². The van der Waals surface area contributed by atoms with E-state index < -0.39 is 0 Å². The number of thioether (sulfide) groups is 1. The van der Waals surface area contributed by atoms with E-state index in [0.717, 1.165) is 18.7 Å². The highest BCUT2D eigenvalue weighted by Gasteiger charge is 2.28. The topological polar surface area (TPSA) is 63.2 Å². The number of hydrogen-bond donors (Lipinski definition) is 1. The van der Waals surface area contributed by atoms with E-state index >= 15 is 0 Å². The number of nitrogens with zero attached hydrogens (tertiary/aromatic N) is 4. The Morgan fingerprint density at radius 2 is 2.15 bits per heavy atom. The van der Waals surface area contributed by atoms with Gasteiger partial charge in [0, 0.05) is 30.6 Å². The summed E-state index contributed by atoms with van der Waals surface area (Å²) in [4.78, 5) is 15.4. The largest absolute Gasteiger partial charge is 0.463 e. The molecule has 20 heavy (non-hydrogen) atoms. The van der Waals surface area contributed by atoms with Crippen LogP contribution in [0.25, 0.3) is 0 Å². The summed E-state index contributed by atoms with van der Waals surface area (Å²) in [5, 5.41) is 3.54. The summed E-state index contributed by atoms with van der Waals surface area (Å²) >= 11 is 1.99. The van der Waals surface area contributed by atoms with Crippen LogP contribution in [0.1, 0.15) is 27.2 Å². The zero-order valence-electron chi connectivity index (χ0n) is 12.6. The van der Waals surface area contributed by atoms with E-state index in [2.05, 4.69) is 45.9 Å². The quantitative estimate of drug-likeness (QED) is 0.892. The molecule has 2 atom stereocenters. The third kappa shape index (κ3) is 3.45. The summed E-state index contributed by atoms with van der Waals surface area (Å²) in [6.07, 6.45) is 0.934. The molecule has 1 fully saturated rings. The van der Waals surface area contributed by atoms with E-state index in [0.29, 0.717) is 35.8 Å². The Morgan fingerprint density at radius 1 is 1.35 bits per heavy atom. The first kappa shape index (κ1) is 15.2.